The Kier molecular flexibility index (Phi) is 7.25. The van der Waals surface area contributed by atoms with E-state index in [4.69, 9.17) is 4.74 Å². The van der Waals surface area contributed by atoms with E-state index in [1.165, 1.54) is 17.5 Å². The maximum Gasteiger partial charge on any atom is 0.0518 e. The van der Waals surface area contributed by atoms with Gasteiger partial charge in [0.05, 0.1) is 6.10 Å². The minimum atomic E-state index is 0.238. The Morgan fingerprint density at radius 1 is 1.05 bits per heavy atom. The second-order valence-corrected chi connectivity index (χ2v) is 6.75. The van der Waals surface area contributed by atoms with E-state index in [0.29, 0.717) is 6.10 Å². The molecule has 0 amide bonds. The van der Waals surface area contributed by atoms with Crippen LogP contribution in [0.4, 0.5) is 0 Å². The van der Waals surface area contributed by atoms with Gasteiger partial charge in [-0.15, -0.1) is 0 Å². The molecule has 1 N–H and O–H groups in total. The predicted molar refractivity (Wildman–Crippen MR) is 87.2 cm³/mol. The average Bonchev–Trinajstić information content (AvgIpc) is 2.37. The molecule has 0 aliphatic heterocycles. The highest BCUT2D eigenvalue weighted by molar-refractivity contribution is 5.27. The van der Waals surface area contributed by atoms with Gasteiger partial charge in [0.25, 0.3) is 0 Å². The molecule has 0 spiro atoms. The summed E-state index contributed by atoms with van der Waals surface area (Å²) in [4.78, 5) is 0. The van der Waals surface area contributed by atoms with Crippen LogP contribution >= 0.6 is 0 Å². The van der Waals surface area contributed by atoms with Gasteiger partial charge in [-0.05, 0) is 49.8 Å². The molecule has 0 atom stereocenters. The monoisotopic (exact) mass is 277 g/mol. The molecule has 2 heteroatoms. The molecule has 0 aliphatic rings. The summed E-state index contributed by atoms with van der Waals surface area (Å²) in [6.07, 6.45) is 2.66. The van der Waals surface area contributed by atoms with E-state index in [1.807, 2.05) is 0 Å². The molecule has 1 aromatic rings. The quantitative estimate of drug-likeness (QED) is 0.716. The molecule has 0 saturated heterocycles. The number of unbranched alkanes of at least 4 members (excludes halogenated alkanes) is 1. The van der Waals surface area contributed by atoms with E-state index in [1.54, 1.807) is 0 Å². The fourth-order valence-corrected chi connectivity index (χ4v) is 2.03. The van der Waals surface area contributed by atoms with Crippen molar-refractivity contribution in [3.05, 3.63) is 35.4 Å². The van der Waals surface area contributed by atoms with Crippen molar-refractivity contribution in [1.29, 1.82) is 0 Å². The molecule has 0 fully saturated rings. The Labute approximate surface area is 124 Å². The van der Waals surface area contributed by atoms with E-state index in [9.17, 15) is 0 Å². The summed E-state index contributed by atoms with van der Waals surface area (Å²) in [7, 11) is 0. The van der Waals surface area contributed by atoms with E-state index in [2.05, 4.69) is 64.2 Å². The van der Waals surface area contributed by atoms with E-state index in [-0.39, 0.29) is 5.41 Å². The SMILES string of the molecule is CC(C)OCCCCNCc1ccc(C(C)(C)C)cc1. The van der Waals surface area contributed by atoms with Crippen LogP contribution in [0.2, 0.25) is 0 Å². The van der Waals surface area contributed by atoms with Crippen molar-refractivity contribution in [2.24, 2.45) is 0 Å². The van der Waals surface area contributed by atoms with Crippen LogP contribution < -0.4 is 5.32 Å². The third-order valence-electron chi connectivity index (χ3n) is 3.35. The molecule has 2 nitrogen and oxygen atoms in total. The molecule has 0 saturated carbocycles. The molecule has 0 aliphatic carbocycles. The third-order valence-corrected chi connectivity index (χ3v) is 3.35. The second kappa shape index (κ2) is 8.43. The van der Waals surface area contributed by atoms with Crippen LogP contribution in [-0.4, -0.2) is 19.3 Å². The smallest absolute Gasteiger partial charge is 0.0518 e. The molecule has 0 radical (unpaired) electrons. The first kappa shape index (κ1) is 17.2. The van der Waals surface area contributed by atoms with Gasteiger partial charge in [0, 0.05) is 13.2 Å². The lowest BCUT2D eigenvalue weighted by molar-refractivity contribution is 0.0760. The Morgan fingerprint density at radius 3 is 2.25 bits per heavy atom. The zero-order chi connectivity index (χ0) is 15.0. The molecule has 1 aromatic carbocycles. The first-order valence-corrected chi connectivity index (χ1v) is 7.81. The Morgan fingerprint density at radius 2 is 1.70 bits per heavy atom. The number of rotatable bonds is 8. The number of nitrogens with one attached hydrogen (secondary N) is 1. The Bertz CT molecular complexity index is 362. The fraction of sp³-hybridized carbons (Fsp3) is 0.667. The number of benzene rings is 1. The largest absolute Gasteiger partial charge is 0.379 e. The van der Waals surface area contributed by atoms with Gasteiger partial charge in [-0.25, -0.2) is 0 Å². The highest BCUT2D eigenvalue weighted by Gasteiger charge is 2.12. The van der Waals surface area contributed by atoms with Gasteiger partial charge in [-0.2, -0.15) is 0 Å². The summed E-state index contributed by atoms with van der Waals surface area (Å²) in [5.74, 6) is 0. The van der Waals surface area contributed by atoms with Crippen molar-refractivity contribution in [2.75, 3.05) is 13.2 Å². The zero-order valence-electron chi connectivity index (χ0n) is 13.8. The summed E-state index contributed by atoms with van der Waals surface area (Å²) in [5.41, 5.74) is 2.99. The van der Waals surface area contributed by atoms with Gasteiger partial charge in [-0.3, -0.25) is 0 Å². The van der Waals surface area contributed by atoms with Crippen molar-refractivity contribution in [3.63, 3.8) is 0 Å². The van der Waals surface area contributed by atoms with E-state index < -0.39 is 0 Å². The summed E-state index contributed by atoms with van der Waals surface area (Å²) in [6, 6.07) is 8.95. The fourth-order valence-electron chi connectivity index (χ4n) is 2.03. The molecule has 1 rings (SSSR count). The normalized spacial score (nSPS) is 12.1. The summed E-state index contributed by atoms with van der Waals surface area (Å²) in [6.45, 7) is 13.8. The van der Waals surface area contributed by atoms with Crippen molar-refractivity contribution in [3.8, 4) is 0 Å². The Hall–Kier alpha value is -0.860. The topological polar surface area (TPSA) is 21.3 Å². The van der Waals surface area contributed by atoms with Crippen molar-refractivity contribution in [2.45, 2.75) is 65.5 Å². The second-order valence-electron chi connectivity index (χ2n) is 6.75. The summed E-state index contributed by atoms with van der Waals surface area (Å²) >= 11 is 0. The van der Waals surface area contributed by atoms with Crippen LogP contribution in [0, 0.1) is 0 Å². The van der Waals surface area contributed by atoms with Crippen molar-refractivity contribution >= 4 is 0 Å². The summed E-state index contributed by atoms with van der Waals surface area (Å²) in [5, 5.41) is 3.49. The molecule has 0 bridgehead atoms. The molecular weight excluding hydrogens is 246 g/mol. The standard InChI is InChI=1S/C18H31NO/c1-15(2)20-13-7-6-12-19-14-16-8-10-17(11-9-16)18(3,4)5/h8-11,15,19H,6-7,12-14H2,1-5H3. The lowest BCUT2D eigenvalue weighted by Gasteiger charge is -2.19. The summed E-state index contributed by atoms with van der Waals surface area (Å²) < 4.78 is 5.52. The number of hydrogen-bond donors (Lipinski definition) is 1. The number of ether oxygens (including phenoxy) is 1. The van der Waals surface area contributed by atoms with Gasteiger partial charge in [0.15, 0.2) is 0 Å². The third kappa shape index (κ3) is 7.06. The van der Waals surface area contributed by atoms with Gasteiger partial charge >= 0.3 is 0 Å². The van der Waals surface area contributed by atoms with Gasteiger partial charge < -0.3 is 10.1 Å². The van der Waals surface area contributed by atoms with Crippen LogP contribution in [0.1, 0.15) is 58.6 Å². The first-order valence-electron chi connectivity index (χ1n) is 7.81. The van der Waals surface area contributed by atoms with Gasteiger partial charge in [0.2, 0.25) is 0 Å². The molecule has 0 unspecified atom stereocenters. The molecular formula is C18H31NO. The van der Waals surface area contributed by atoms with Crippen LogP contribution in [0.3, 0.4) is 0 Å². The van der Waals surface area contributed by atoms with Crippen LogP contribution in [0.5, 0.6) is 0 Å². The lowest BCUT2D eigenvalue weighted by atomic mass is 9.87. The number of hydrogen-bond acceptors (Lipinski definition) is 2. The zero-order valence-corrected chi connectivity index (χ0v) is 13.8. The highest BCUT2D eigenvalue weighted by atomic mass is 16.5. The van der Waals surface area contributed by atoms with Crippen molar-refractivity contribution in [1.82, 2.24) is 5.32 Å². The molecule has 114 valence electrons. The lowest BCUT2D eigenvalue weighted by Crippen LogP contribution is -2.16. The van der Waals surface area contributed by atoms with Crippen LogP contribution in [0.25, 0.3) is 0 Å². The molecule has 20 heavy (non-hydrogen) atoms. The van der Waals surface area contributed by atoms with Crippen molar-refractivity contribution < 1.29 is 4.74 Å². The maximum absolute atomic E-state index is 5.52. The molecule has 0 aromatic heterocycles. The van der Waals surface area contributed by atoms with Crippen LogP contribution in [-0.2, 0) is 16.7 Å². The van der Waals surface area contributed by atoms with E-state index >= 15 is 0 Å². The Balaban J connectivity index is 2.16. The first-order chi connectivity index (χ1) is 9.39. The molecule has 0 heterocycles. The predicted octanol–water partition coefficient (Wildman–Crippen LogP) is 4.28. The van der Waals surface area contributed by atoms with Gasteiger partial charge in [-0.1, -0.05) is 45.0 Å². The van der Waals surface area contributed by atoms with Crippen LogP contribution in [0.15, 0.2) is 24.3 Å². The average molecular weight is 277 g/mol. The maximum atomic E-state index is 5.52. The minimum absolute atomic E-state index is 0.238. The van der Waals surface area contributed by atoms with E-state index in [0.717, 1.165) is 26.1 Å². The highest BCUT2D eigenvalue weighted by Crippen LogP contribution is 2.22. The minimum Gasteiger partial charge on any atom is -0.379 e. The van der Waals surface area contributed by atoms with Gasteiger partial charge in [0.1, 0.15) is 0 Å².